The number of aromatic nitrogens is 3. The number of nitrogens with zero attached hydrogens (tertiary/aromatic N) is 4. The molecular weight excluding hydrogens is 493 g/mol. The molecule has 204 valence electrons. The van der Waals surface area contributed by atoms with E-state index in [1.165, 1.54) is 0 Å². The Labute approximate surface area is 213 Å². The number of benzene rings is 1. The van der Waals surface area contributed by atoms with Crippen molar-refractivity contribution >= 4 is 35.4 Å². The van der Waals surface area contributed by atoms with E-state index in [4.69, 9.17) is 15.6 Å². The SMILES string of the molecule is Cc1ccc(C(N)=O)cc1Nc1nc(N[C@@H]2CCNC2)nc(N(C)CC(C)(C)C)n1.O=C(O)C(F)(F)F. The Kier molecular flexibility index (Phi) is 9.61. The smallest absolute Gasteiger partial charge is 0.475 e. The number of nitrogens with two attached hydrogens (primary N) is 1. The highest BCUT2D eigenvalue weighted by Gasteiger charge is 2.38. The molecule has 0 saturated carbocycles. The molecule has 14 heteroatoms. The number of carbonyl (C=O) groups excluding carboxylic acids is 1. The first-order valence-electron chi connectivity index (χ1n) is 11.5. The fraction of sp³-hybridized carbons (Fsp3) is 0.522. The molecule has 1 aliphatic rings. The molecule has 0 aliphatic carbocycles. The zero-order chi connectivity index (χ0) is 28.0. The zero-order valence-corrected chi connectivity index (χ0v) is 21.4. The molecule has 6 N–H and O–H groups in total. The molecule has 1 aromatic heterocycles. The summed E-state index contributed by atoms with van der Waals surface area (Å²) in [5.41, 5.74) is 7.64. The molecule has 1 atom stereocenters. The summed E-state index contributed by atoms with van der Waals surface area (Å²) in [6, 6.07) is 5.55. The number of primary amides is 1. The third kappa shape index (κ3) is 9.71. The third-order valence-electron chi connectivity index (χ3n) is 5.08. The van der Waals surface area contributed by atoms with E-state index in [1.807, 2.05) is 24.9 Å². The molecule has 2 aromatic rings. The standard InChI is InChI=1S/C21H32N8O.C2HF3O2/c1-13-6-7-14(17(22)30)10-16(13)25-19-26-18(24-15-8-9-23-11-15)27-20(28-19)29(5)12-21(2,3)4;3-2(4,5)1(6)7/h6-7,10,15,23H,8-9,11-12H2,1-5H3,(H2,22,30)(H2,24,25,26,27,28);(H,6,7)/t15-;/m1./s1. The molecule has 1 aliphatic heterocycles. The lowest BCUT2D eigenvalue weighted by molar-refractivity contribution is -0.192. The summed E-state index contributed by atoms with van der Waals surface area (Å²) in [6.07, 6.45) is -4.07. The minimum absolute atomic E-state index is 0.0876. The molecule has 1 amide bonds. The van der Waals surface area contributed by atoms with Crippen molar-refractivity contribution in [2.24, 2.45) is 11.1 Å². The Bertz CT molecular complexity index is 1100. The topological polar surface area (TPSA) is 158 Å². The van der Waals surface area contributed by atoms with Gasteiger partial charge in [0, 0.05) is 37.4 Å². The van der Waals surface area contributed by atoms with Crippen LogP contribution in [0.15, 0.2) is 18.2 Å². The molecule has 2 heterocycles. The normalized spacial score (nSPS) is 15.4. The van der Waals surface area contributed by atoms with Crippen molar-refractivity contribution < 1.29 is 27.9 Å². The molecule has 1 fully saturated rings. The highest BCUT2D eigenvalue weighted by molar-refractivity contribution is 5.94. The predicted octanol–water partition coefficient (Wildman–Crippen LogP) is 2.91. The van der Waals surface area contributed by atoms with E-state index >= 15 is 0 Å². The zero-order valence-electron chi connectivity index (χ0n) is 21.4. The summed E-state index contributed by atoms with van der Waals surface area (Å²) in [6.45, 7) is 11.1. The molecule has 1 saturated heterocycles. The summed E-state index contributed by atoms with van der Waals surface area (Å²) in [5, 5.41) is 17.1. The lowest BCUT2D eigenvalue weighted by Gasteiger charge is -2.27. The summed E-state index contributed by atoms with van der Waals surface area (Å²) in [7, 11) is 1.98. The monoisotopic (exact) mass is 526 g/mol. The van der Waals surface area contributed by atoms with Gasteiger partial charge in [-0.05, 0) is 43.0 Å². The van der Waals surface area contributed by atoms with Crippen LogP contribution in [0.1, 0.15) is 43.1 Å². The van der Waals surface area contributed by atoms with E-state index in [2.05, 4.69) is 51.7 Å². The van der Waals surface area contributed by atoms with Crippen LogP contribution in [0.25, 0.3) is 0 Å². The Morgan fingerprint density at radius 2 is 1.81 bits per heavy atom. The van der Waals surface area contributed by atoms with Crippen molar-refractivity contribution in [3.63, 3.8) is 0 Å². The maximum absolute atomic E-state index is 11.6. The Morgan fingerprint density at radius 1 is 1.19 bits per heavy atom. The van der Waals surface area contributed by atoms with Crippen LogP contribution < -0.4 is 26.6 Å². The second-order valence-electron chi connectivity index (χ2n) is 9.86. The highest BCUT2D eigenvalue weighted by atomic mass is 19.4. The molecule has 0 unspecified atom stereocenters. The molecule has 0 bridgehead atoms. The molecule has 3 rings (SSSR count). The van der Waals surface area contributed by atoms with Crippen LogP contribution in [0.4, 0.5) is 36.7 Å². The Hall–Kier alpha value is -3.68. The van der Waals surface area contributed by atoms with Crippen molar-refractivity contribution in [2.45, 2.75) is 46.3 Å². The quantitative estimate of drug-likeness (QED) is 0.363. The minimum Gasteiger partial charge on any atom is -0.475 e. The fourth-order valence-electron chi connectivity index (χ4n) is 3.43. The minimum atomic E-state index is -5.08. The van der Waals surface area contributed by atoms with Crippen LogP contribution >= 0.6 is 0 Å². The number of nitrogens with one attached hydrogen (secondary N) is 3. The van der Waals surface area contributed by atoms with Crippen molar-refractivity contribution in [3.8, 4) is 0 Å². The Balaban J connectivity index is 0.000000604. The van der Waals surface area contributed by atoms with Crippen molar-refractivity contribution in [2.75, 3.05) is 42.2 Å². The van der Waals surface area contributed by atoms with Gasteiger partial charge in [0.2, 0.25) is 23.8 Å². The molecular formula is C23H33F3N8O3. The number of carboxylic acids is 1. The van der Waals surface area contributed by atoms with Crippen molar-refractivity contribution in [3.05, 3.63) is 29.3 Å². The number of aryl methyl sites for hydroxylation is 1. The van der Waals surface area contributed by atoms with Gasteiger partial charge in [-0.3, -0.25) is 4.79 Å². The first kappa shape index (κ1) is 29.5. The number of rotatable bonds is 7. The van der Waals surface area contributed by atoms with Gasteiger partial charge in [-0.1, -0.05) is 26.8 Å². The average Bonchev–Trinajstić information content (AvgIpc) is 3.26. The van der Waals surface area contributed by atoms with E-state index in [0.29, 0.717) is 23.4 Å². The van der Waals surface area contributed by atoms with E-state index in [0.717, 1.165) is 37.3 Å². The number of hydrogen-bond acceptors (Lipinski definition) is 9. The molecule has 11 nitrogen and oxygen atoms in total. The summed E-state index contributed by atoms with van der Waals surface area (Å²) >= 11 is 0. The van der Waals surface area contributed by atoms with E-state index in [9.17, 15) is 18.0 Å². The number of halogens is 3. The number of hydrogen-bond donors (Lipinski definition) is 5. The van der Waals surface area contributed by atoms with Gasteiger partial charge in [-0.2, -0.15) is 28.1 Å². The predicted molar refractivity (Wildman–Crippen MR) is 134 cm³/mol. The molecule has 0 spiro atoms. The number of carbonyl (C=O) groups is 2. The second kappa shape index (κ2) is 12.0. The van der Waals surface area contributed by atoms with Gasteiger partial charge in [-0.25, -0.2) is 4.79 Å². The molecule has 1 aromatic carbocycles. The van der Waals surface area contributed by atoms with E-state index in [-0.39, 0.29) is 11.5 Å². The van der Waals surface area contributed by atoms with Gasteiger partial charge < -0.3 is 31.7 Å². The van der Waals surface area contributed by atoms with Crippen LogP contribution in [-0.4, -0.2) is 70.8 Å². The summed E-state index contributed by atoms with van der Waals surface area (Å²) < 4.78 is 31.7. The van der Waals surface area contributed by atoms with Gasteiger partial charge >= 0.3 is 12.1 Å². The number of alkyl halides is 3. The fourth-order valence-corrected chi connectivity index (χ4v) is 3.43. The van der Waals surface area contributed by atoms with Crippen LogP contribution in [0, 0.1) is 12.3 Å². The largest absolute Gasteiger partial charge is 0.490 e. The van der Waals surface area contributed by atoms with Crippen LogP contribution in [-0.2, 0) is 4.79 Å². The summed E-state index contributed by atoms with van der Waals surface area (Å²) in [5.74, 6) is -1.71. The van der Waals surface area contributed by atoms with Gasteiger partial charge in [0.05, 0.1) is 0 Å². The van der Waals surface area contributed by atoms with Crippen molar-refractivity contribution in [1.82, 2.24) is 20.3 Å². The number of aliphatic carboxylic acids is 1. The maximum Gasteiger partial charge on any atom is 0.490 e. The van der Waals surface area contributed by atoms with Crippen LogP contribution in [0.2, 0.25) is 0 Å². The van der Waals surface area contributed by atoms with Gasteiger partial charge in [0.25, 0.3) is 0 Å². The average molecular weight is 527 g/mol. The first-order valence-corrected chi connectivity index (χ1v) is 11.5. The lowest BCUT2D eigenvalue weighted by Crippen LogP contribution is -2.31. The maximum atomic E-state index is 11.6. The van der Waals surface area contributed by atoms with Gasteiger partial charge in [0.1, 0.15) is 0 Å². The van der Waals surface area contributed by atoms with E-state index in [1.54, 1.807) is 12.1 Å². The van der Waals surface area contributed by atoms with E-state index < -0.39 is 18.1 Å². The van der Waals surface area contributed by atoms with Gasteiger partial charge in [0.15, 0.2) is 0 Å². The second-order valence-corrected chi connectivity index (χ2v) is 9.86. The molecule has 0 radical (unpaired) electrons. The number of anilines is 4. The molecule has 37 heavy (non-hydrogen) atoms. The van der Waals surface area contributed by atoms with Gasteiger partial charge in [-0.15, -0.1) is 0 Å². The highest BCUT2D eigenvalue weighted by Crippen LogP contribution is 2.24. The van der Waals surface area contributed by atoms with Crippen LogP contribution in [0.5, 0.6) is 0 Å². The van der Waals surface area contributed by atoms with Crippen molar-refractivity contribution in [1.29, 1.82) is 0 Å². The third-order valence-corrected chi connectivity index (χ3v) is 5.08. The lowest BCUT2D eigenvalue weighted by atomic mass is 9.96. The number of carboxylic acid groups (broad SMARTS) is 1. The first-order chi connectivity index (χ1) is 17.0. The van der Waals surface area contributed by atoms with Crippen LogP contribution in [0.3, 0.4) is 0 Å². The summed E-state index contributed by atoms with van der Waals surface area (Å²) in [4.78, 5) is 36.3. The Morgan fingerprint density at radius 3 is 2.32 bits per heavy atom. The number of amides is 1.